The third-order valence-corrected chi connectivity index (χ3v) is 10.6. The van der Waals surface area contributed by atoms with Crippen LogP contribution in [-0.4, -0.2) is 0 Å². The molecule has 0 fully saturated rings. The topological polar surface area (TPSA) is 0 Å². The Bertz CT molecular complexity index is 2580. The van der Waals surface area contributed by atoms with Crippen LogP contribution in [0.4, 0.5) is 0 Å². The molecule has 10 rings (SSSR count). The van der Waals surface area contributed by atoms with Gasteiger partial charge < -0.3 is 0 Å². The summed E-state index contributed by atoms with van der Waals surface area (Å²) < 4.78 is 0. The fourth-order valence-electron chi connectivity index (χ4n) is 8.39. The van der Waals surface area contributed by atoms with Crippen LogP contribution in [-0.2, 0) is 6.42 Å². The van der Waals surface area contributed by atoms with Gasteiger partial charge >= 0.3 is 0 Å². The van der Waals surface area contributed by atoms with Crippen LogP contribution in [0.25, 0.3) is 56.2 Å². The summed E-state index contributed by atoms with van der Waals surface area (Å²) in [4.78, 5) is 0. The molecule has 0 heteroatoms. The van der Waals surface area contributed by atoms with E-state index >= 15 is 0 Å². The number of hydrogen-bond donors (Lipinski definition) is 0. The molecule has 0 saturated heterocycles. The molecule has 3 aliphatic carbocycles. The SMILES string of the molecule is C1=Cc2cc(C3=C4C(=C(c5ccccc5)c5cc(-c6ccccc6)c(-c6ccccc6)cc54)C(c4ccccc4)=C3c3ccccc3)ccc2C1. The van der Waals surface area contributed by atoms with Crippen LogP contribution in [0.15, 0.2) is 194 Å². The molecule has 0 atom stereocenters. The van der Waals surface area contributed by atoms with E-state index in [0.29, 0.717) is 0 Å². The molecule has 238 valence electrons. The van der Waals surface area contributed by atoms with E-state index < -0.39 is 0 Å². The van der Waals surface area contributed by atoms with E-state index in [1.165, 1.54) is 100 Å². The lowest BCUT2D eigenvalue weighted by Gasteiger charge is -2.19. The first kappa shape index (κ1) is 29.4. The van der Waals surface area contributed by atoms with Gasteiger partial charge in [-0.05, 0) is 125 Å². The minimum Gasteiger partial charge on any atom is -0.0795 e. The molecule has 7 aromatic carbocycles. The van der Waals surface area contributed by atoms with Crippen molar-refractivity contribution in [2.75, 3.05) is 0 Å². The highest BCUT2D eigenvalue weighted by Gasteiger charge is 2.40. The van der Waals surface area contributed by atoms with Gasteiger partial charge in [0.1, 0.15) is 0 Å². The van der Waals surface area contributed by atoms with Crippen LogP contribution in [0, 0.1) is 0 Å². The molecule has 0 aliphatic heterocycles. The van der Waals surface area contributed by atoms with Crippen LogP contribution < -0.4 is 0 Å². The highest BCUT2D eigenvalue weighted by atomic mass is 14.4. The zero-order valence-electron chi connectivity index (χ0n) is 28.2. The van der Waals surface area contributed by atoms with E-state index in [4.69, 9.17) is 0 Å². The second-order valence-electron chi connectivity index (χ2n) is 13.5. The van der Waals surface area contributed by atoms with Crippen molar-refractivity contribution in [3.05, 3.63) is 238 Å². The standard InChI is InChI=1S/C51H34/c1-6-17-35(18-7-1)42-32-44-45(33-43(42)36-19-8-2-9-20-36)50-49(41-30-29-34-27-16-28-40(34)31-41)47(38-23-12-4-13-24-38)48(39-25-14-5-15-26-39)51(50)46(44)37-21-10-3-11-22-37/h1-26,28-33H,27H2. The van der Waals surface area contributed by atoms with E-state index in [1.807, 2.05) is 0 Å². The average molecular weight is 647 g/mol. The maximum absolute atomic E-state index is 2.49. The Kier molecular flexibility index (Phi) is 6.99. The van der Waals surface area contributed by atoms with Crippen molar-refractivity contribution in [3.63, 3.8) is 0 Å². The maximum Gasteiger partial charge on any atom is -0.000137 e. The minimum absolute atomic E-state index is 0.993. The molecule has 0 saturated carbocycles. The number of fused-ring (bicyclic) bond motifs is 4. The van der Waals surface area contributed by atoms with Crippen molar-refractivity contribution >= 4 is 33.9 Å². The van der Waals surface area contributed by atoms with Gasteiger partial charge in [0.25, 0.3) is 0 Å². The van der Waals surface area contributed by atoms with E-state index in [1.54, 1.807) is 0 Å². The van der Waals surface area contributed by atoms with Crippen LogP contribution in [0.3, 0.4) is 0 Å². The molecule has 0 unspecified atom stereocenters. The van der Waals surface area contributed by atoms with Crippen LogP contribution in [0.2, 0.25) is 0 Å². The lowest BCUT2D eigenvalue weighted by Crippen LogP contribution is -1.97. The average Bonchev–Trinajstić information content (AvgIpc) is 3.91. The molecule has 0 nitrogen and oxygen atoms in total. The smallest absolute Gasteiger partial charge is 0.000137 e. The molecule has 0 heterocycles. The number of rotatable bonds is 6. The Morgan fingerprint density at radius 2 is 0.686 bits per heavy atom. The van der Waals surface area contributed by atoms with Crippen LogP contribution >= 0.6 is 0 Å². The molecule has 51 heavy (non-hydrogen) atoms. The first-order chi connectivity index (χ1) is 25.3. The Balaban J connectivity index is 1.39. The fourth-order valence-corrected chi connectivity index (χ4v) is 8.39. The molecule has 7 aromatic rings. The summed E-state index contributed by atoms with van der Waals surface area (Å²) in [6.07, 6.45) is 5.57. The lowest BCUT2D eigenvalue weighted by atomic mass is 9.84. The first-order valence-corrected chi connectivity index (χ1v) is 17.8. The van der Waals surface area contributed by atoms with Crippen molar-refractivity contribution in [2.24, 2.45) is 0 Å². The summed E-state index contributed by atoms with van der Waals surface area (Å²) in [5, 5.41) is 0. The minimum atomic E-state index is 0.993. The van der Waals surface area contributed by atoms with Gasteiger partial charge in [-0.3, -0.25) is 0 Å². The zero-order valence-corrected chi connectivity index (χ0v) is 28.2. The summed E-state index contributed by atoms with van der Waals surface area (Å²) in [7, 11) is 0. The summed E-state index contributed by atoms with van der Waals surface area (Å²) in [5.41, 5.74) is 23.0. The van der Waals surface area contributed by atoms with Crippen molar-refractivity contribution in [2.45, 2.75) is 6.42 Å². The summed E-state index contributed by atoms with van der Waals surface area (Å²) in [6.45, 7) is 0. The molecule has 0 radical (unpaired) electrons. The fraction of sp³-hybridized carbons (Fsp3) is 0.0196. The first-order valence-electron chi connectivity index (χ1n) is 17.8. The van der Waals surface area contributed by atoms with Gasteiger partial charge in [0.15, 0.2) is 0 Å². The van der Waals surface area contributed by atoms with Gasteiger partial charge in [-0.25, -0.2) is 0 Å². The van der Waals surface area contributed by atoms with E-state index in [-0.39, 0.29) is 0 Å². The molecule has 0 bridgehead atoms. The highest BCUT2D eigenvalue weighted by molar-refractivity contribution is 6.39. The maximum atomic E-state index is 2.49. The van der Waals surface area contributed by atoms with Crippen LogP contribution in [0.1, 0.15) is 44.5 Å². The molecule has 3 aliphatic rings. The number of benzene rings is 7. The summed E-state index contributed by atoms with van der Waals surface area (Å²) >= 11 is 0. The second kappa shape index (κ2) is 12.1. The monoisotopic (exact) mass is 646 g/mol. The van der Waals surface area contributed by atoms with E-state index in [0.717, 1.165) is 6.42 Å². The van der Waals surface area contributed by atoms with Gasteiger partial charge in [0.2, 0.25) is 0 Å². The molecular formula is C51H34. The van der Waals surface area contributed by atoms with Gasteiger partial charge in [-0.15, -0.1) is 0 Å². The van der Waals surface area contributed by atoms with Gasteiger partial charge in [0.05, 0.1) is 0 Å². The molecule has 0 amide bonds. The van der Waals surface area contributed by atoms with Crippen molar-refractivity contribution in [3.8, 4) is 22.3 Å². The Morgan fingerprint density at radius 1 is 0.275 bits per heavy atom. The zero-order chi connectivity index (χ0) is 33.7. The third-order valence-electron chi connectivity index (χ3n) is 10.6. The highest BCUT2D eigenvalue weighted by Crippen LogP contribution is 2.62. The second-order valence-corrected chi connectivity index (χ2v) is 13.5. The van der Waals surface area contributed by atoms with Crippen LogP contribution in [0.5, 0.6) is 0 Å². The largest absolute Gasteiger partial charge is 0.0795 e. The summed E-state index contributed by atoms with van der Waals surface area (Å²) in [5.74, 6) is 0. The predicted molar refractivity (Wildman–Crippen MR) is 215 cm³/mol. The Labute approximate surface area is 299 Å². The normalized spacial score (nSPS) is 14.3. The third kappa shape index (κ3) is 4.83. The Morgan fingerprint density at radius 3 is 1.20 bits per heavy atom. The molecular weight excluding hydrogens is 613 g/mol. The Hall–Kier alpha value is -6.50. The molecule has 0 N–H and O–H groups in total. The van der Waals surface area contributed by atoms with Crippen molar-refractivity contribution in [1.29, 1.82) is 0 Å². The molecule has 0 aromatic heterocycles. The molecule has 0 spiro atoms. The van der Waals surface area contributed by atoms with E-state index in [9.17, 15) is 0 Å². The number of hydrogen-bond acceptors (Lipinski definition) is 0. The number of allylic oxidation sites excluding steroid dienone is 6. The van der Waals surface area contributed by atoms with Crippen molar-refractivity contribution in [1.82, 2.24) is 0 Å². The summed E-state index contributed by atoms with van der Waals surface area (Å²) in [6, 6.07) is 67.0. The predicted octanol–water partition coefficient (Wildman–Crippen LogP) is 12.9. The van der Waals surface area contributed by atoms with Gasteiger partial charge in [0, 0.05) is 0 Å². The lowest BCUT2D eigenvalue weighted by molar-refractivity contribution is 1.31. The van der Waals surface area contributed by atoms with E-state index in [2.05, 4.69) is 194 Å². The van der Waals surface area contributed by atoms with Gasteiger partial charge in [-0.2, -0.15) is 0 Å². The van der Waals surface area contributed by atoms with Gasteiger partial charge in [-0.1, -0.05) is 176 Å². The quantitative estimate of drug-likeness (QED) is 0.169. The van der Waals surface area contributed by atoms with Crippen molar-refractivity contribution < 1.29 is 0 Å².